The third kappa shape index (κ3) is 4.47. The Morgan fingerprint density at radius 3 is 2.62 bits per heavy atom. The van der Waals surface area contributed by atoms with Crippen molar-refractivity contribution >= 4 is 22.4 Å². The first-order chi connectivity index (χ1) is 15.7. The number of piperidine rings is 1. The maximum Gasteiger partial charge on any atom is 0.212 e. The van der Waals surface area contributed by atoms with Crippen molar-refractivity contribution in [3.05, 3.63) is 77.1 Å². The molecule has 0 N–H and O–H groups in total. The van der Waals surface area contributed by atoms with E-state index in [9.17, 15) is 0 Å². The van der Waals surface area contributed by atoms with Gasteiger partial charge in [-0.25, -0.2) is 0 Å². The van der Waals surface area contributed by atoms with Crippen LogP contribution in [-0.4, -0.2) is 44.7 Å². The van der Waals surface area contributed by atoms with Crippen LogP contribution < -0.4 is 4.74 Å². The Hall–Kier alpha value is -2.96. The standard InChI is InChI=1S/C25H26ClN5O/c1-2-30-14-12-19(13-15-30)23-5-3-4-18-6-11-22(16-24(18)23)32-17-25-27-29-31(28-25)21-9-7-20(26)8-10-21/h3-11,16,19H,2,12-15,17H2,1H3. The van der Waals surface area contributed by atoms with Gasteiger partial charge in [-0.2, -0.15) is 0 Å². The summed E-state index contributed by atoms with van der Waals surface area (Å²) < 4.78 is 6.04. The van der Waals surface area contributed by atoms with Gasteiger partial charge in [-0.05, 0) is 96.3 Å². The Morgan fingerprint density at radius 2 is 1.84 bits per heavy atom. The van der Waals surface area contributed by atoms with Crippen LogP contribution in [0.1, 0.15) is 37.1 Å². The van der Waals surface area contributed by atoms with E-state index in [4.69, 9.17) is 16.3 Å². The van der Waals surface area contributed by atoms with E-state index in [-0.39, 0.29) is 6.61 Å². The van der Waals surface area contributed by atoms with E-state index in [1.54, 1.807) is 12.1 Å². The molecule has 1 aromatic heterocycles. The summed E-state index contributed by atoms with van der Waals surface area (Å²) in [6, 6.07) is 20.2. The van der Waals surface area contributed by atoms with E-state index in [1.165, 1.54) is 47.1 Å². The average Bonchev–Trinajstić information content (AvgIpc) is 3.32. The highest BCUT2D eigenvalue weighted by Gasteiger charge is 2.21. The van der Waals surface area contributed by atoms with Gasteiger partial charge in [-0.1, -0.05) is 42.8 Å². The lowest BCUT2D eigenvalue weighted by Gasteiger charge is -2.31. The number of benzene rings is 3. The Bertz CT molecular complexity index is 1200. The molecule has 1 aliphatic rings. The maximum atomic E-state index is 6.04. The number of halogens is 1. The van der Waals surface area contributed by atoms with Crippen molar-refractivity contribution in [2.75, 3.05) is 19.6 Å². The first kappa shape index (κ1) is 20.9. The van der Waals surface area contributed by atoms with Gasteiger partial charge in [0.1, 0.15) is 5.75 Å². The van der Waals surface area contributed by atoms with Crippen molar-refractivity contribution in [3.8, 4) is 11.4 Å². The van der Waals surface area contributed by atoms with E-state index in [0.29, 0.717) is 16.8 Å². The molecule has 3 aromatic carbocycles. The first-order valence-corrected chi connectivity index (χ1v) is 11.5. The number of tetrazole rings is 1. The number of aromatic nitrogens is 4. The minimum atomic E-state index is 0.260. The van der Waals surface area contributed by atoms with Crippen molar-refractivity contribution in [2.24, 2.45) is 0 Å². The SMILES string of the molecule is CCN1CCC(c2cccc3ccc(OCc4nnn(-c5ccc(Cl)cc5)n4)cc23)CC1. The number of hydrogen-bond acceptors (Lipinski definition) is 5. The second-order valence-electron chi connectivity index (χ2n) is 8.20. The lowest BCUT2D eigenvalue weighted by atomic mass is 9.86. The van der Waals surface area contributed by atoms with Crippen molar-refractivity contribution in [1.82, 2.24) is 25.1 Å². The van der Waals surface area contributed by atoms with Crippen LogP contribution in [0.2, 0.25) is 5.02 Å². The van der Waals surface area contributed by atoms with Gasteiger partial charge in [0.2, 0.25) is 5.82 Å². The molecule has 32 heavy (non-hydrogen) atoms. The van der Waals surface area contributed by atoms with Crippen LogP contribution in [0.5, 0.6) is 5.75 Å². The minimum absolute atomic E-state index is 0.260. The predicted octanol–water partition coefficient (Wildman–Crippen LogP) is 5.25. The monoisotopic (exact) mass is 447 g/mol. The third-order valence-corrected chi connectivity index (χ3v) is 6.49. The lowest BCUT2D eigenvalue weighted by Crippen LogP contribution is -2.32. The number of fused-ring (bicyclic) bond motifs is 1. The van der Waals surface area contributed by atoms with Crippen molar-refractivity contribution in [2.45, 2.75) is 32.3 Å². The molecule has 0 amide bonds. The van der Waals surface area contributed by atoms with Crippen LogP contribution in [0.15, 0.2) is 60.7 Å². The molecule has 0 spiro atoms. The Balaban J connectivity index is 1.31. The van der Waals surface area contributed by atoms with Crippen molar-refractivity contribution in [3.63, 3.8) is 0 Å². The zero-order chi connectivity index (χ0) is 21.9. The summed E-state index contributed by atoms with van der Waals surface area (Å²) in [5, 5.41) is 15.8. The normalized spacial score (nSPS) is 15.3. The first-order valence-electron chi connectivity index (χ1n) is 11.1. The fraction of sp³-hybridized carbons (Fsp3) is 0.320. The molecule has 5 rings (SSSR count). The van der Waals surface area contributed by atoms with E-state index in [2.05, 4.69) is 57.6 Å². The number of ether oxygens (including phenoxy) is 1. The number of hydrogen-bond donors (Lipinski definition) is 0. The molecule has 1 aliphatic heterocycles. The van der Waals surface area contributed by atoms with Crippen LogP contribution in [0.25, 0.3) is 16.5 Å². The zero-order valence-electron chi connectivity index (χ0n) is 18.1. The highest BCUT2D eigenvalue weighted by Crippen LogP contribution is 2.34. The summed E-state index contributed by atoms with van der Waals surface area (Å²) in [5.41, 5.74) is 2.23. The van der Waals surface area contributed by atoms with Gasteiger partial charge in [0.05, 0.1) is 5.69 Å². The molecule has 4 aromatic rings. The van der Waals surface area contributed by atoms with Crippen LogP contribution >= 0.6 is 11.6 Å². The van der Waals surface area contributed by atoms with Gasteiger partial charge in [0, 0.05) is 5.02 Å². The summed E-state index contributed by atoms with van der Waals surface area (Å²) >= 11 is 5.95. The molecule has 2 heterocycles. The maximum absolute atomic E-state index is 6.04. The molecule has 0 saturated carbocycles. The van der Waals surface area contributed by atoms with E-state index in [0.717, 1.165) is 18.0 Å². The molecule has 0 bridgehead atoms. The molecule has 0 aliphatic carbocycles. The average molecular weight is 448 g/mol. The Morgan fingerprint density at radius 1 is 1.03 bits per heavy atom. The molecule has 1 saturated heterocycles. The fourth-order valence-corrected chi connectivity index (χ4v) is 4.54. The Labute approximate surface area is 192 Å². The molecule has 6 nitrogen and oxygen atoms in total. The molecule has 164 valence electrons. The van der Waals surface area contributed by atoms with Crippen LogP contribution in [0, 0.1) is 0 Å². The predicted molar refractivity (Wildman–Crippen MR) is 127 cm³/mol. The molecular weight excluding hydrogens is 422 g/mol. The smallest absolute Gasteiger partial charge is 0.212 e. The van der Waals surface area contributed by atoms with Gasteiger partial charge >= 0.3 is 0 Å². The van der Waals surface area contributed by atoms with Gasteiger partial charge in [-0.3, -0.25) is 0 Å². The van der Waals surface area contributed by atoms with E-state index in [1.807, 2.05) is 18.2 Å². The summed E-state index contributed by atoms with van der Waals surface area (Å²) in [5.74, 6) is 1.94. The van der Waals surface area contributed by atoms with Gasteiger partial charge in [0.15, 0.2) is 6.61 Å². The third-order valence-electron chi connectivity index (χ3n) is 6.24. The number of likely N-dealkylation sites (tertiary alicyclic amines) is 1. The number of rotatable bonds is 6. The summed E-state index contributed by atoms with van der Waals surface area (Å²) in [6.07, 6.45) is 2.41. The van der Waals surface area contributed by atoms with Crippen LogP contribution in [-0.2, 0) is 6.61 Å². The van der Waals surface area contributed by atoms with E-state index >= 15 is 0 Å². The Kier molecular flexibility index (Phi) is 6.06. The molecule has 0 atom stereocenters. The van der Waals surface area contributed by atoms with Crippen molar-refractivity contribution in [1.29, 1.82) is 0 Å². The molecule has 0 radical (unpaired) electrons. The molecule has 7 heteroatoms. The van der Waals surface area contributed by atoms with Crippen molar-refractivity contribution < 1.29 is 4.74 Å². The lowest BCUT2D eigenvalue weighted by molar-refractivity contribution is 0.223. The highest BCUT2D eigenvalue weighted by atomic mass is 35.5. The largest absolute Gasteiger partial charge is 0.485 e. The second-order valence-corrected chi connectivity index (χ2v) is 8.64. The minimum Gasteiger partial charge on any atom is -0.485 e. The quantitative estimate of drug-likeness (QED) is 0.404. The van der Waals surface area contributed by atoms with Crippen LogP contribution in [0.3, 0.4) is 0 Å². The fourth-order valence-electron chi connectivity index (χ4n) is 4.41. The zero-order valence-corrected chi connectivity index (χ0v) is 18.9. The van der Waals surface area contributed by atoms with Crippen LogP contribution in [0.4, 0.5) is 0 Å². The summed E-state index contributed by atoms with van der Waals surface area (Å²) in [6.45, 7) is 5.98. The van der Waals surface area contributed by atoms with Gasteiger partial charge in [-0.15, -0.1) is 15.0 Å². The van der Waals surface area contributed by atoms with E-state index < -0.39 is 0 Å². The molecule has 1 fully saturated rings. The topological polar surface area (TPSA) is 56.1 Å². The summed E-state index contributed by atoms with van der Waals surface area (Å²) in [7, 11) is 0. The van der Waals surface area contributed by atoms with Gasteiger partial charge in [0.25, 0.3) is 0 Å². The molecular formula is C25H26ClN5O. The summed E-state index contributed by atoms with van der Waals surface area (Å²) in [4.78, 5) is 4.01. The number of nitrogens with zero attached hydrogens (tertiary/aromatic N) is 5. The second kappa shape index (κ2) is 9.27. The highest BCUT2D eigenvalue weighted by molar-refractivity contribution is 6.30. The molecule has 0 unspecified atom stereocenters. The van der Waals surface area contributed by atoms with Gasteiger partial charge < -0.3 is 9.64 Å².